The molecular formula is C11H18N4O. The van der Waals surface area contributed by atoms with Crippen LogP contribution in [0, 0.1) is 0 Å². The first-order valence-electron chi connectivity index (χ1n) is 5.71. The van der Waals surface area contributed by atoms with Crippen molar-refractivity contribution >= 4 is 5.82 Å². The van der Waals surface area contributed by atoms with Crippen molar-refractivity contribution < 1.29 is 4.74 Å². The lowest BCUT2D eigenvalue weighted by molar-refractivity contribution is 0.0381. The van der Waals surface area contributed by atoms with Crippen LogP contribution in [0.15, 0.2) is 12.4 Å². The van der Waals surface area contributed by atoms with Crippen molar-refractivity contribution in [3.8, 4) is 0 Å². The molecule has 0 bridgehead atoms. The molecule has 1 atom stereocenters. The van der Waals surface area contributed by atoms with Gasteiger partial charge in [-0.1, -0.05) is 6.92 Å². The highest BCUT2D eigenvalue weighted by Crippen LogP contribution is 2.18. The van der Waals surface area contributed by atoms with E-state index in [1.807, 2.05) is 0 Å². The Morgan fingerprint density at radius 2 is 2.31 bits per heavy atom. The number of nitrogens with two attached hydrogens (primary N) is 1. The molecule has 2 heterocycles. The van der Waals surface area contributed by atoms with E-state index in [2.05, 4.69) is 21.8 Å². The Morgan fingerprint density at radius 1 is 1.50 bits per heavy atom. The van der Waals surface area contributed by atoms with Crippen molar-refractivity contribution in [3.63, 3.8) is 0 Å². The van der Waals surface area contributed by atoms with Gasteiger partial charge in [-0.15, -0.1) is 0 Å². The fourth-order valence-electron chi connectivity index (χ4n) is 1.93. The number of hydrogen-bond donors (Lipinski definition) is 1. The molecule has 1 unspecified atom stereocenters. The Balaban J connectivity index is 2.16. The number of morpholine rings is 1. The van der Waals surface area contributed by atoms with Crippen LogP contribution >= 0.6 is 0 Å². The molecule has 2 rings (SSSR count). The lowest BCUT2D eigenvalue weighted by Crippen LogP contribution is -2.43. The molecule has 1 aromatic rings. The zero-order valence-electron chi connectivity index (χ0n) is 9.59. The number of ether oxygens (including phenoxy) is 1. The molecule has 5 heteroatoms. The van der Waals surface area contributed by atoms with Crippen LogP contribution < -0.4 is 10.6 Å². The van der Waals surface area contributed by atoms with Gasteiger partial charge in [-0.3, -0.25) is 4.98 Å². The Labute approximate surface area is 95.6 Å². The summed E-state index contributed by atoms with van der Waals surface area (Å²) in [5, 5.41) is 0. The molecule has 16 heavy (non-hydrogen) atoms. The molecule has 0 aliphatic carbocycles. The van der Waals surface area contributed by atoms with Gasteiger partial charge in [0, 0.05) is 32.0 Å². The van der Waals surface area contributed by atoms with Crippen molar-refractivity contribution in [2.45, 2.75) is 26.0 Å². The van der Waals surface area contributed by atoms with Gasteiger partial charge in [0.25, 0.3) is 0 Å². The summed E-state index contributed by atoms with van der Waals surface area (Å²) in [6.07, 6.45) is 4.71. The average molecular weight is 222 g/mol. The van der Waals surface area contributed by atoms with Crippen LogP contribution in [0.5, 0.6) is 0 Å². The first-order chi connectivity index (χ1) is 7.85. The van der Waals surface area contributed by atoms with Gasteiger partial charge in [0.05, 0.1) is 18.4 Å². The second-order valence-corrected chi connectivity index (χ2v) is 3.88. The van der Waals surface area contributed by atoms with Gasteiger partial charge in [0.1, 0.15) is 0 Å². The zero-order chi connectivity index (χ0) is 11.4. The normalized spacial score (nSPS) is 21.1. The largest absolute Gasteiger partial charge is 0.375 e. The Hall–Kier alpha value is -1.20. The van der Waals surface area contributed by atoms with E-state index in [1.165, 1.54) is 0 Å². The topological polar surface area (TPSA) is 64.3 Å². The maximum Gasteiger partial charge on any atom is 0.151 e. The molecule has 2 N–H and O–H groups in total. The van der Waals surface area contributed by atoms with E-state index in [4.69, 9.17) is 10.5 Å². The van der Waals surface area contributed by atoms with Gasteiger partial charge in [-0.05, 0) is 6.42 Å². The van der Waals surface area contributed by atoms with E-state index in [0.29, 0.717) is 12.6 Å². The van der Waals surface area contributed by atoms with E-state index < -0.39 is 0 Å². The SMILES string of the molecule is CCC1CN(c2nccnc2CN)CCO1. The lowest BCUT2D eigenvalue weighted by Gasteiger charge is -2.33. The first-order valence-corrected chi connectivity index (χ1v) is 5.71. The first kappa shape index (κ1) is 11.3. The van der Waals surface area contributed by atoms with Crippen molar-refractivity contribution in [3.05, 3.63) is 18.1 Å². The van der Waals surface area contributed by atoms with Gasteiger partial charge in [-0.25, -0.2) is 4.98 Å². The van der Waals surface area contributed by atoms with Crippen LogP contribution in [0.3, 0.4) is 0 Å². The van der Waals surface area contributed by atoms with Crippen molar-refractivity contribution in [1.29, 1.82) is 0 Å². The third kappa shape index (κ3) is 2.31. The third-order valence-electron chi connectivity index (χ3n) is 2.84. The molecule has 0 radical (unpaired) electrons. The Morgan fingerprint density at radius 3 is 3.06 bits per heavy atom. The van der Waals surface area contributed by atoms with Crippen molar-refractivity contribution in [1.82, 2.24) is 9.97 Å². The molecule has 1 aliphatic heterocycles. The molecule has 1 saturated heterocycles. The number of nitrogens with zero attached hydrogens (tertiary/aromatic N) is 3. The van der Waals surface area contributed by atoms with Gasteiger partial charge in [0.15, 0.2) is 5.82 Å². The minimum absolute atomic E-state index is 0.293. The standard InChI is InChI=1S/C11H18N4O/c1-2-9-8-15(5-6-16-9)11-10(7-12)13-3-4-14-11/h3-4,9H,2,5-8,12H2,1H3. The van der Waals surface area contributed by atoms with Crippen LogP contribution in [-0.2, 0) is 11.3 Å². The van der Waals surface area contributed by atoms with E-state index in [1.54, 1.807) is 12.4 Å². The summed E-state index contributed by atoms with van der Waals surface area (Å²) in [5.74, 6) is 0.909. The lowest BCUT2D eigenvalue weighted by atomic mass is 10.2. The minimum atomic E-state index is 0.293. The maximum atomic E-state index is 5.66. The predicted octanol–water partition coefficient (Wildman–Crippen LogP) is 0.551. The fraction of sp³-hybridized carbons (Fsp3) is 0.636. The second-order valence-electron chi connectivity index (χ2n) is 3.88. The van der Waals surface area contributed by atoms with Gasteiger partial charge < -0.3 is 15.4 Å². The summed E-state index contributed by atoms with van der Waals surface area (Å²) in [4.78, 5) is 10.8. The van der Waals surface area contributed by atoms with Gasteiger partial charge in [0.2, 0.25) is 0 Å². The Kier molecular flexibility index (Phi) is 3.69. The molecule has 5 nitrogen and oxygen atoms in total. The van der Waals surface area contributed by atoms with E-state index in [-0.39, 0.29) is 0 Å². The fourth-order valence-corrected chi connectivity index (χ4v) is 1.93. The monoisotopic (exact) mass is 222 g/mol. The molecule has 1 aliphatic rings. The highest BCUT2D eigenvalue weighted by atomic mass is 16.5. The molecular weight excluding hydrogens is 204 g/mol. The number of aromatic nitrogens is 2. The molecule has 88 valence electrons. The average Bonchev–Trinajstić information content (AvgIpc) is 2.38. The van der Waals surface area contributed by atoms with Crippen LogP contribution in [0.25, 0.3) is 0 Å². The van der Waals surface area contributed by atoms with E-state index >= 15 is 0 Å². The van der Waals surface area contributed by atoms with Crippen LogP contribution in [-0.4, -0.2) is 35.8 Å². The van der Waals surface area contributed by atoms with Crippen molar-refractivity contribution in [2.75, 3.05) is 24.6 Å². The summed E-state index contributed by atoms with van der Waals surface area (Å²) in [5.41, 5.74) is 6.52. The molecule has 0 aromatic carbocycles. The third-order valence-corrected chi connectivity index (χ3v) is 2.84. The summed E-state index contributed by atoms with van der Waals surface area (Å²) < 4.78 is 5.63. The quantitative estimate of drug-likeness (QED) is 0.809. The summed E-state index contributed by atoms with van der Waals surface area (Å²) in [7, 11) is 0. The number of rotatable bonds is 3. The summed E-state index contributed by atoms with van der Waals surface area (Å²) in [6, 6.07) is 0. The number of anilines is 1. The van der Waals surface area contributed by atoms with E-state index in [0.717, 1.165) is 37.6 Å². The smallest absolute Gasteiger partial charge is 0.151 e. The van der Waals surface area contributed by atoms with Crippen molar-refractivity contribution in [2.24, 2.45) is 5.73 Å². The molecule has 0 saturated carbocycles. The minimum Gasteiger partial charge on any atom is -0.375 e. The van der Waals surface area contributed by atoms with Crippen LogP contribution in [0.1, 0.15) is 19.0 Å². The highest BCUT2D eigenvalue weighted by molar-refractivity contribution is 5.43. The molecule has 0 spiro atoms. The van der Waals surface area contributed by atoms with Gasteiger partial charge in [-0.2, -0.15) is 0 Å². The summed E-state index contributed by atoms with van der Waals surface area (Å²) >= 11 is 0. The summed E-state index contributed by atoms with van der Waals surface area (Å²) in [6.45, 7) is 5.05. The molecule has 1 aromatic heterocycles. The highest BCUT2D eigenvalue weighted by Gasteiger charge is 2.21. The zero-order valence-corrected chi connectivity index (χ0v) is 9.59. The van der Waals surface area contributed by atoms with E-state index in [9.17, 15) is 0 Å². The molecule has 0 amide bonds. The van der Waals surface area contributed by atoms with Crippen LogP contribution in [0.4, 0.5) is 5.82 Å². The molecule has 1 fully saturated rings. The van der Waals surface area contributed by atoms with Crippen LogP contribution in [0.2, 0.25) is 0 Å². The number of hydrogen-bond acceptors (Lipinski definition) is 5. The van der Waals surface area contributed by atoms with Gasteiger partial charge >= 0.3 is 0 Å². The maximum absolute atomic E-state index is 5.66. The predicted molar refractivity (Wildman–Crippen MR) is 62.2 cm³/mol. The second kappa shape index (κ2) is 5.23. The Bertz CT molecular complexity index is 345.